The van der Waals surface area contributed by atoms with Gasteiger partial charge in [-0.3, -0.25) is 9.59 Å². The molecule has 2 amide bonds. The van der Waals surface area contributed by atoms with E-state index in [1.54, 1.807) is 0 Å². The maximum absolute atomic E-state index is 13.0. The smallest absolute Gasteiger partial charge is 0.256 e. The second-order valence-corrected chi connectivity index (χ2v) is 9.83. The number of piperazine rings is 1. The summed E-state index contributed by atoms with van der Waals surface area (Å²) in [7, 11) is 0. The standard InChI is InChI=1S/C30H28BrN3O2/c1-2-21-9-11-22(12-10-21)30(36)34-19-17-33(18-20-34)24-15-13-23(14-16-24)32-29(35)27-7-3-6-26-25(27)5-4-8-28(26)31/h3-16H,2,17-20H2,1H3,(H,32,35). The minimum absolute atomic E-state index is 0.0934. The molecule has 182 valence electrons. The van der Waals surface area contributed by atoms with E-state index in [2.05, 4.69) is 33.1 Å². The number of nitrogens with zero attached hydrogens (tertiary/aromatic N) is 2. The summed E-state index contributed by atoms with van der Waals surface area (Å²) in [6.45, 7) is 5.03. The summed E-state index contributed by atoms with van der Waals surface area (Å²) >= 11 is 3.56. The second kappa shape index (κ2) is 10.5. The predicted molar refractivity (Wildman–Crippen MR) is 150 cm³/mol. The maximum Gasteiger partial charge on any atom is 0.256 e. The highest BCUT2D eigenvalue weighted by Crippen LogP contribution is 2.27. The van der Waals surface area contributed by atoms with Crippen molar-refractivity contribution >= 4 is 49.9 Å². The average Bonchev–Trinajstić information content (AvgIpc) is 2.93. The molecule has 4 aromatic rings. The van der Waals surface area contributed by atoms with Gasteiger partial charge in [-0.1, -0.05) is 59.3 Å². The Morgan fingerprint density at radius 2 is 1.47 bits per heavy atom. The summed E-state index contributed by atoms with van der Waals surface area (Å²) in [4.78, 5) is 30.1. The fourth-order valence-electron chi connectivity index (χ4n) is 4.66. The summed E-state index contributed by atoms with van der Waals surface area (Å²) < 4.78 is 0.968. The van der Waals surface area contributed by atoms with E-state index < -0.39 is 0 Å². The van der Waals surface area contributed by atoms with Gasteiger partial charge >= 0.3 is 0 Å². The first-order valence-corrected chi connectivity index (χ1v) is 13.0. The average molecular weight is 542 g/mol. The van der Waals surface area contributed by atoms with Crippen molar-refractivity contribution in [2.24, 2.45) is 0 Å². The van der Waals surface area contributed by atoms with Crippen molar-refractivity contribution in [3.63, 3.8) is 0 Å². The first kappa shape index (κ1) is 24.1. The zero-order valence-electron chi connectivity index (χ0n) is 20.2. The molecule has 0 atom stereocenters. The van der Waals surface area contributed by atoms with Crippen LogP contribution in [0, 0.1) is 0 Å². The lowest BCUT2D eigenvalue weighted by atomic mass is 10.0. The molecule has 5 nitrogen and oxygen atoms in total. The molecule has 6 heteroatoms. The molecule has 0 aliphatic carbocycles. The molecular formula is C30H28BrN3O2. The molecular weight excluding hydrogens is 514 g/mol. The van der Waals surface area contributed by atoms with Crippen LogP contribution in [0.2, 0.25) is 0 Å². The summed E-state index contributed by atoms with van der Waals surface area (Å²) in [5.74, 6) is -0.0404. The number of anilines is 2. The Morgan fingerprint density at radius 1 is 0.806 bits per heavy atom. The monoisotopic (exact) mass is 541 g/mol. The maximum atomic E-state index is 13.0. The van der Waals surface area contributed by atoms with Crippen LogP contribution in [-0.4, -0.2) is 42.9 Å². The van der Waals surface area contributed by atoms with E-state index in [4.69, 9.17) is 0 Å². The van der Waals surface area contributed by atoms with Crippen molar-refractivity contribution in [2.75, 3.05) is 36.4 Å². The second-order valence-electron chi connectivity index (χ2n) is 8.97. The van der Waals surface area contributed by atoms with Crippen molar-refractivity contribution in [3.05, 3.63) is 106 Å². The van der Waals surface area contributed by atoms with Crippen molar-refractivity contribution in [1.82, 2.24) is 4.90 Å². The molecule has 0 unspecified atom stereocenters. The van der Waals surface area contributed by atoms with Gasteiger partial charge in [0, 0.05) is 53.2 Å². The van der Waals surface area contributed by atoms with E-state index in [0.717, 1.165) is 51.7 Å². The van der Waals surface area contributed by atoms with Gasteiger partial charge in [0.05, 0.1) is 0 Å². The van der Waals surface area contributed by atoms with Crippen LogP contribution in [-0.2, 0) is 6.42 Å². The van der Waals surface area contributed by atoms with Gasteiger partial charge in [-0.2, -0.15) is 0 Å². The fraction of sp³-hybridized carbons (Fsp3) is 0.200. The number of benzene rings is 4. The predicted octanol–water partition coefficient (Wildman–Crippen LogP) is 6.38. The third-order valence-electron chi connectivity index (χ3n) is 6.78. The number of hydrogen-bond donors (Lipinski definition) is 1. The molecule has 0 bridgehead atoms. The number of amides is 2. The van der Waals surface area contributed by atoms with E-state index >= 15 is 0 Å². The van der Waals surface area contributed by atoms with Gasteiger partial charge in [-0.15, -0.1) is 0 Å². The van der Waals surface area contributed by atoms with Crippen molar-refractivity contribution in [1.29, 1.82) is 0 Å². The molecule has 1 saturated heterocycles. The Hall–Kier alpha value is -3.64. The normalized spacial score (nSPS) is 13.6. The van der Waals surface area contributed by atoms with Crippen LogP contribution >= 0.6 is 15.9 Å². The first-order chi connectivity index (χ1) is 17.5. The molecule has 4 aromatic carbocycles. The van der Waals surface area contributed by atoms with Gasteiger partial charge < -0.3 is 15.1 Å². The largest absolute Gasteiger partial charge is 0.368 e. The number of nitrogens with one attached hydrogen (secondary N) is 1. The molecule has 1 fully saturated rings. The molecule has 1 aliphatic rings. The summed E-state index contributed by atoms with van der Waals surface area (Å²) in [6, 6.07) is 27.4. The minimum atomic E-state index is -0.134. The number of carbonyl (C=O) groups excluding carboxylic acids is 2. The topological polar surface area (TPSA) is 52.7 Å². The van der Waals surface area contributed by atoms with Crippen LogP contribution < -0.4 is 10.2 Å². The fourth-order valence-corrected chi connectivity index (χ4v) is 5.16. The summed E-state index contributed by atoms with van der Waals surface area (Å²) in [6.07, 6.45) is 0.969. The van der Waals surface area contributed by atoms with E-state index in [0.29, 0.717) is 18.7 Å². The number of rotatable bonds is 5. The van der Waals surface area contributed by atoms with Gasteiger partial charge in [0.2, 0.25) is 0 Å². The number of aryl methyl sites for hydroxylation is 1. The lowest BCUT2D eigenvalue weighted by Crippen LogP contribution is -2.48. The summed E-state index contributed by atoms with van der Waals surface area (Å²) in [5.41, 5.74) is 4.46. The Kier molecular flexibility index (Phi) is 7.05. The highest BCUT2D eigenvalue weighted by Gasteiger charge is 2.22. The molecule has 0 aromatic heterocycles. The Labute approximate surface area is 219 Å². The van der Waals surface area contributed by atoms with Crippen molar-refractivity contribution in [3.8, 4) is 0 Å². The van der Waals surface area contributed by atoms with E-state index in [1.165, 1.54) is 5.56 Å². The van der Waals surface area contributed by atoms with Gasteiger partial charge in [0.25, 0.3) is 11.8 Å². The van der Waals surface area contributed by atoms with Crippen LogP contribution in [0.3, 0.4) is 0 Å². The molecule has 1 heterocycles. The molecule has 0 spiro atoms. The molecule has 1 N–H and O–H groups in total. The molecule has 36 heavy (non-hydrogen) atoms. The SMILES string of the molecule is CCc1ccc(C(=O)N2CCN(c3ccc(NC(=O)c4cccc5c(Br)cccc45)cc3)CC2)cc1. The van der Waals surface area contributed by atoms with Gasteiger partial charge in [-0.25, -0.2) is 0 Å². The Morgan fingerprint density at radius 3 is 2.17 bits per heavy atom. The summed E-state index contributed by atoms with van der Waals surface area (Å²) in [5, 5.41) is 4.94. The quantitative estimate of drug-likeness (QED) is 0.319. The highest BCUT2D eigenvalue weighted by atomic mass is 79.9. The van der Waals surface area contributed by atoms with Crippen LogP contribution in [0.4, 0.5) is 11.4 Å². The lowest BCUT2D eigenvalue weighted by molar-refractivity contribution is 0.0746. The van der Waals surface area contributed by atoms with Crippen LogP contribution in [0.15, 0.2) is 89.4 Å². The van der Waals surface area contributed by atoms with Gasteiger partial charge in [-0.05, 0) is 71.3 Å². The third-order valence-corrected chi connectivity index (χ3v) is 7.47. The third kappa shape index (κ3) is 5.00. The molecule has 0 radical (unpaired) electrons. The zero-order valence-corrected chi connectivity index (χ0v) is 21.8. The van der Waals surface area contributed by atoms with Crippen LogP contribution in [0.25, 0.3) is 10.8 Å². The van der Waals surface area contributed by atoms with E-state index in [1.807, 2.05) is 89.8 Å². The molecule has 0 saturated carbocycles. The Bertz CT molecular complexity index is 1390. The first-order valence-electron chi connectivity index (χ1n) is 12.3. The Balaban J connectivity index is 1.20. The van der Waals surface area contributed by atoms with Crippen LogP contribution in [0.5, 0.6) is 0 Å². The number of carbonyl (C=O) groups is 2. The molecule has 5 rings (SSSR count). The van der Waals surface area contributed by atoms with Gasteiger partial charge in [0.1, 0.15) is 0 Å². The highest BCUT2D eigenvalue weighted by molar-refractivity contribution is 9.10. The van der Waals surface area contributed by atoms with Crippen molar-refractivity contribution in [2.45, 2.75) is 13.3 Å². The minimum Gasteiger partial charge on any atom is -0.368 e. The van der Waals surface area contributed by atoms with Crippen molar-refractivity contribution < 1.29 is 9.59 Å². The van der Waals surface area contributed by atoms with E-state index in [-0.39, 0.29) is 11.8 Å². The van der Waals surface area contributed by atoms with Crippen LogP contribution in [0.1, 0.15) is 33.2 Å². The number of halogens is 1. The number of fused-ring (bicyclic) bond motifs is 1. The van der Waals surface area contributed by atoms with E-state index in [9.17, 15) is 9.59 Å². The van der Waals surface area contributed by atoms with Gasteiger partial charge in [0.15, 0.2) is 0 Å². The lowest BCUT2D eigenvalue weighted by Gasteiger charge is -2.36. The zero-order chi connectivity index (χ0) is 25.1. The molecule has 1 aliphatic heterocycles. The number of hydrogen-bond acceptors (Lipinski definition) is 3.